The molecule has 5 nitrogen and oxygen atoms in total. The SMILES string of the molecule is O=C=O.OB(O)CCCCC1CCCN1. The normalized spacial score (nSPS) is 18.9. The summed E-state index contributed by atoms with van der Waals surface area (Å²) in [4.78, 5) is 16.2. The summed E-state index contributed by atoms with van der Waals surface area (Å²) in [5.41, 5.74) is 0. The van der Waals surface area contributed by atoms with Crippen molar-refractivity contribution < 1.29 is 19.6 Å². The quantitative estimate of drug-likeness (QED) is 0.436. The summed E-state index contributed by atoms with van der Waals surface area (Å²) in [5, 5.41) is 20.6. The van der Waals surface area contributed by atoms with Crippen molar-refractivity contribution in [3.05, 3.63) is 0 Å². The molecule has 0 bridgehead atoms. The third kappa shape index (κ3) is 9.63. The molecule has 0 aromatic heterocycles. The number of hydrogen-bond donors (Lipinski definition) is 3. The summed E-state index contributed by atoms with van der Waals surface area (Å²) in [6, 6.07) is 0.695. The van der Waals surface area contributed by atoms with Gasteiger partial charge in [-0.2, -0.15) is 9.59 Å². The molecule has 1 unspecified atom stereocenters. The summed E-state index contributed by atoms with van der Waals surface area (Å²) < 4.78 is 0. The summed E-state index contributed by atoms with van der Waals surface area (Å²) in [7, 11) is -1.11. The fourth-order valence-corrected chi connectivity index (χ4v) is 1.72. The largest absolute Gasteiger partial charge is 0.451 e. The van der Waals surface area contributed by atoms with Crippen LogP contribution in [0, 0.1) is 0 Å². The molecule has 1 atom stereocenters. The second kappa shape index (κ2) is 9.86. The average molecular weight is 215 g/mol. The maximum absolute atomic E-state index is 8.58. The molecule has 1 aliphatic heterocycles. The number of nitrogens with one attached hydrogen (secondary N) is 1. The molecule has 3 N–H and O–H groups in total. The van der Waals surface area contributed by atoms with Crippen molar-refractivity contribution in [1.29, 1.82) is 0 Å². The minimum atomic E-state index is -1.11. The predicted octanol–water partition coefficient (Wildman–Crippen LogP) is -0.202. The van der Waals surface area contributed by atoms with Crippen LogP contribution in [-0.4, -0.2) is 35.9 Å². The Kier molecular flexibility index (Phi) is 9.42. The molecule has 0 radical (unpaired) electrons. The van der Waals surface area contributed by atoms with Crippen molar-refractivity contribution >= 4 is 13.3 Å². The van der Waals surface area contributed by atoms with Gasteiger partial charge in [0.25, 0.3) is 0 Å². The average Bonchev–Trinajstić information content (AvgIpc) is 2.66. The van der Waals surface area contributed by atoms with Crippen LogP contribution in [0.1, 0.15) is 32.1 Å². The zero-order valence-electron chi connectivity index (χ0n) is 8.82. The van der Waals surface area contributed by atoms with Crippen molar-refractivity contribution in [3.8, 4) is 0 Å². The van der Waals surface area contributed by atoms with E-state index < -0.39 is 7.12 Å². The lowest BCUT2D eigenvalue weighted by Gasteiger charge is -2.08. The summed E-state index contributed by atoms with van der Waals surface area (Å²) in [6.07, 6.45) is 6.58. The van der Waals surface area contributed by atoms with Gasteiger partial charge in [-0.15, -0.1) is 0 Å². The number of hydrogen-bond acceptors (Lipinski definition) is 5. The highest BCUT2D eigenvalue weighted by Crippen LogP contribution is 2.12. The van der Waals surface area contributed by atoms with Crippen molar-refractivity contribution in [1.82, 2.24) is 5.32 Å². The van der Waals surface area contributed by atoms with Crippen LogP contribution in [0.25, 0.3) is 0 Å². The summed E-state index contributed by atoms with van der Waals surface area (Å²) in [6.45, 7) is 1.16. The van der Waals surface area contributed by atoms with Crippen LogP contribution in [0.2, 0.25) is 6.32 Å². The van der Waals surface area contributed by atoms with Gasteiger partial charge in [0.2, 0.25) is 0 Å². The molecule has 0 spiro atoms. The van der Waals surface area contributed by atoms with E-state index in [4.69, 9.17) is 19.6 Å². The molecular formula is C9H18BNO4. The Labute approximate surface area is 90.0 Å². The van der Waals surface area contributed by atoms with Crippen LogP contribution in [0.3, 0.4) is 0 Å². The Morgan fingerprint density at radius 3 is 2.47 bits per heavy atom. The van der Waals surface area contributed by atoms with Crippen LogP contribution in [0.5, 0.6) is 0 Å². The first kappa shape index (κ1) is 14.3. The molecular weight excluding hydrogens is 197 g/mol. The Bertz CT molecular complexity index is 177. The molecule has 86 valence electrons. The summed E-state index contributed by atoms with van der Waals surface area (Å²) >= 11 is 0. The zero-order valence-corrected chi connectivity index (χ0v) is 8.82. The Morgan fingerprint density at radius 1 is 1.33 bits per heavy atom. The lowest BCUT2D eigenvalue weighted by molar-refractivity contribution is -0.191. The van der Waals surface area contributed by atoms with Gasteiger partial charge < -0.3 is 15.4 Å². The molecule has 15 heavy (non-hydrogen) atoms. The van der Waals surface area contributed by atoms with Crippen LogP contribution in [0.15, 0.2) is 0 Å². The van der Waals surface area contributed by atoms with Crippen LogP contribution < -0.4 is 5.32 Å². The van der Waals surface area contributed by atoms with E-state index in [1.807, 2.05) is 0 Å². The molecule has 0 aliphatic carbocycles. The molecule has 0 saturated carbocycles. The van der Waals surface area contributed by atoms with E-state index in [1.165, 1.54) is 19.3 Å². The summed E-state index contributed by atoms with van der Waals surface area (Å²) in [5.74, 6) is 0. The molecule has 1 aliphatic rings. The number of rotatable bonds is 5. The van der Waals surface area contributed by atoms with Gasteiger partial charge in [-0.05, 0) is 32.1 Å². The van der Waals surface area contributed by atoms with Crippen molar-refractivity contribution in [2.24, 2.45) is 0 Å². The topological polar surface area (TPSA) is 86.6 Å². The number of carbonyl (C=O) groups excluding carboxylic acids is 2. The van der Waals surface area contributed by atoms with E-state index in [0.29, 0.717) is 12.4 Å². The lowest BCUT2D eigenvalue weighted by atomic mass is 9.83. The molecule has 1 heterocycles. The first-order chi connectivity index (χ1) is 7.20. The molecule has 1 saturated heterocycles. The first-order valence-corrected chi connectivity index (χ1v) is 5.29. The fraction of sp³-hybridized carbons (Fsp3) is 0.889. The molecule has 1 fully saturated rings. The van der Waals surface area contributed by atoms with Gasteiger partial charge in [0, 0.05) is 6.04 Å². The molecule has 6 heteroatoms. The molecule has 0 amide bonds. The van der Waals surface area contributed by atoms with Gasteiger partial charge >= 0.3 is 13.3 Å². The van der Waals surface area contributed by atoms with Crippen LogP contribution >= 0.6 is 0 Å². The van der Waals surface area contributed by atoms with E-state index in [-0.39, 0.29) is 6.15 Å². The Balaban J connectivity index is 0.000000583. The predicted molar refractivity (Wildman–Crippen MR) is 54.9 cm³/mol. The Hall–Kier alpha value is -0.675. The van der Waals surface area contributed by atoms with E-state index >= 15 is 0 Å². The molecule has 0 aromatic carbocycles. The highest BCUT2D eigenvalue weighted by molar-refractivity contribution is 6.40. The monoisotopic (exact) mass is 215 g/mol. The first-order valence-electron chi connectivity index (χ1n) is 5.29. The van der Waals surface area contributed by atoms with Crippen LogP contribution in [-0.2, 0) is 9.59 Å². The van der Waals surface area contributed by atoms with E-state index in [2.05, 4.69) is 5.32 Å². The van der Waals surface area contributed by atoms with Gasteiger partial charge in [-0.25, -0.2) is 0 Å². The van der Waals surface area contributed by atoms with E-state index in [9.17, 15) is 0 Å². The minimum Gasteiger partial charge on any atom is -0.427 e. The highest BCUT2D eigenvalue weighted by atomic mass is 16.4. The highest BCUT2D eigenvalue weighted by Gasteiger charge is 2.13. The molecule has 1 rings (SSSR count). The lowest BCUT2D eigenvalue weighted by Crippen LogP contribution is -2.21. The second-order valence-electron chi connectivity index (χ2n) is 3.64. The third-order valence-corrected chi connectivity index (χ3v) is 2.43. The third-order valence-electron chi connectivity index (χ3n) is 2.43. The zero-order chi connectivity index (χ0) is 11.5. The van der Waals surface area contributed by atoms with Gasteiger partial charge in [-0.1, -0.05) is 12.8 Å². The van der Waals surface area contributed by atoms with E-state index in [0.717, 1.165) is 19.4 Å². The van der Waals surface area contributed by atoms with Gasteiger partial charge in [0.05, 0.1) is 0 Å². The van der Waals surface area contributed by atoms with Gasteiger partial charge in [-0.3, -0.25) is 0 Å². The van der Waals surface area contributed by atoms with Crippen molar-refractivity contribution in [2.75, 3.05) is 6.54 Å². The van der Waals surface area contributed by atoms with E-state index in [1.54, 1.807) is 0 Å². The maximum atomic E-state index is 8.58. The van der Waals surface area contributed by atoms with Gasteiger partial charge in [0.15, 0.2) is 0 Å². The van der Waals surface area contributed by atoms with Crippen molar-refractivity contribution in [2.45, 2.75) is 44.5 Å². The standard InChI is InChI=1S/C8H18BNO2.CO2/c11-9(12)6-2-1-4-8-5-3-7-10-8;2-1-3/h8,10-12H,1-7H2;. The Morgan fingerprint density at radius 2 is 2.00 bits per heavy atom. The van der Waals surface area contributed by atoms with Crippen molar-refractivity contribution in [3.63, 3.8) is 0 Å². The minimum absolute atomic E-state index is 0.250. The number of unbranched alkanes of at least 4 members (excludes halogenated alkanes) is 1. The molecule has 0 aromatic rings. The maximum Gasteiger partial charge on any atom is 0.451 e. The fourth-order valence-electron chi connectivity index (χ4n) is 1.72. The smallest absolute Gasteiger partial charge is 0.427 e. The van der Waals surface area contributed by atoms with Crippen LogP contribution in [0.4, 0.5) is 0 Å². The second-order valence-corrected chi connectivity index (χ2v) is 3.64. The van der Waals surface area contributed by atoms with Gasteiger partial charge in [0.1, 0.15) is 0 Å².